The van der Waals surface area contributed by atoms with Crippen molar-refractivity contribution < 1.29 is 69.2 Å². The maximum absolute atomic E-state index is 13.6. The third-order valence-electron chi connectivity index (χ3n) is 21.9. The van der Waals surface area contributed by atoms with Gasteiger partial charge in [-0.1, -0.05) is 395 Å². The summed E-state index contributed by atoms with van der Waals surface area (Å²) in [5, 5.41) is 73.7. The largest absolute Gasteiger partial charge is 0.481 e. The third-order valence-corrected chi connectivity index (χ3v) is 21.9. The molecule has 0 aliphatic heterocycles. The second kappa shape index (κ2) is 64.6. The molecule has 7 N–H and O–H groups in total. The Kier molecular flexibility index (Phi) is 63.8. The highest BCUT2D eigenvalue weighted by molar-refractivity contribution is 5.95. The number of ether oxygens (including phenoxy) is 1. The first-order valence-corrected chi connectivity index (χ1v) is 42.0. The summed E-state index contributed by atoms with van der Waals surface area (Å²) in [6.45, 7) is 15.7. The van der Waals surface area contributed by atoms with Crippen molar-refractivity contribution in [2.24, 2.45) is 16.2 Å². The summed E-state index contributed by atoms with van der Waals surface area (Å²) in [4.78, 5) is 74.6. The highest BCUT2D eigenvalue weighted by Crippen LogP contribution is 2.56. The molecule has 14 heteroatoms. The van der Waals surface area contributed by atoms with Gasteiger partial charge in [0.1, 0.15) is 10.8 Å². The molecule has 0 aromatic carbocycles. The highest BCUT2D eigenvalue weighted by Gasteiger charge is 2.72. The molecule has 0 aliphatic carbocycles. The zero-order valence-electron chi connectivity index (χ0n) is 65.2. The summed E-state index contributed by atoms with van der Waals surface area (Å²) in [5.74, 6) is -8.52. The number of hydrogen-bond donors (Lipinski definition) is 7. The molecular formula is C84H160O14. The van der Waals surface area contributed by atoms with Crippen molar-refractivity contribution in [1.29, 1.82) is 0 Å². The van der Waals surface area contributed by atoms with Gasteiger partial charge in [-0.05, 0) is 63.2 Å². The summed E-state index contributed by atoms with van der Waals surface area (Å²) in [6, 6.07) is 0. The van der Waals surface area contributed by atoms with E-state index in [0.717, 1.165) is 141 Å². The van der Waals surface area contributed by atoms with Crippen LogP contribution in [0.5, 0.6) is 0 Å². The van der Waals surface area contributed by atoms with Crippen LogP contribution in [0.15, 0.2) is 0 Å². The molecule has 0 aromatic rings. The van der Waals surface area contributed by atoms with Gasteiger partial charge in [0.25, 0.3) is 0 Å². The van der Waals surface area contributed by atoms with Gasteiger partial charge >= 0.3 is 35.8 Å². The van der Waals surface area contributed by atoms with Crippen LogP contribution in [0.4, 0.5) is 0 Å². The Hall–Kier alpha value is -3.26. The Morgan fingerprint density at radius 1 is 0.245 bits per heavy atom. The average molecular weight is 1390 g/mol. The lowest BCUT2D eigenvalue weighted by atomic mass is 9.52. The molecular weight excluding hydrogens is 1230 g/mol. The smallest absolute Gasteiger partial charge is 0.338 e. The molecule has 14 nitrogen and oxygen atoms in total. The Bertz CT molecular complexity index is 1850. The van der Waals surface area contributed by atoms with Gasteiger partial charge in [-0.15, -0.1) is 0 Å². The first kappa shape index (κ1) is 96.8. The van der Waals surface area contributed by atoms with Crippen molar-refractivity contribution in [1.82, 2.24) is 0 Å². The highest BCUT2D eigenvalue weighted by atomic mass is 16.5. The van der Waals surface area contributed by atoms with E-state index >= 15 is 0 Å². The van der Waals surface area contributed by atoms with Crippen molar-refractivity contribution in [3.8, 4) is 0 Å². The van der Waals surface area contributed by atoms with E-state index in [4.69, 9.17) is 14.9 Å². The number of carbonyl (C=O) groups excluding carboxylic acids is 1. The normalized spacial score (nSPS) is 13.7. The topological polar surface area (TPSA) is 253 Å². The van der Waals surface area contributed by atoms with Crippen LogP contribution in [0.25, 0.3) is 0 Å². The number of esters is 1. The van der Waals surface area contributed by atoms with E-state index in [0.29, 0.717) is 37.5 Å². The van der Waals surface area contributed by atoms with Gasteiger partial charge in [0.05, 0.1) is 19.4 Å². The number of aliphatic hydroxyl groups is 2. The molecule has 0 rings (SSSR count). The summed E-state index contributed by atoms with van der Waals surface area (Å²) in [6.07, 6.45) is 65.4. The minimum absolute atomic E-state index is 0.0291. The molecule has 0 aliphatic rings. The average Bonchev–Trinajstić information content (AvgIpc) is 0.712. The standard InChI is InChI=1S/2C42H80O7/c1-5-9-13-17-21-22-23-24-28-32-36-41(38(45)46,35-31-27-20-16-12-8-4)42(49,39(47)48)40(37(43)44,33-29-25-18-14-10-6-2)34-30-26-19-15-11-7-3;1-4-7-10-13-21-26-31-41(32-27-22-14-11-8-5-2,33-28-23-15-12-9-6-3)34-29-24-19-17-16-18-20-25-30-35-49-39(45)37-42(48,40(46)47)36-38(43)44/h49H,5-36H2,1-4H3,(H,43,44)(H,45,46)(H,47,48);48H,4-37H2,1-3H3,(H,43,44)(H,46,47). The molecule has 0 spiro atoms. The summed E-state index contributed by atoms with van der Waals surface area (Å²) in [5.41, 5.74) is -9.19. The lowest BCUT2D eigenvalue weighted by Crippen LogP contribution is -2.69. The zero-order valence-corrected chi connectivity index (χ0v) is 65.2. The lowest BCUT2D eigenvalue weighted by Gasteiger charge is -2.51. The monoisotopic (exact) mass is 1390 g/mol. The molecule has 0 saturated carbocycles. The van der Waals surface area contributed by atoms with Gasteiger partial charge in [0, 0.05) is 0 Å². The first-order chi connectivity index (χ1) is 47.2. The second-order valence-corrected chi connectivity index (χ2v) is 30.6. The SMILES string of the molecule is CCCCCCCCC(CCCCCCCC)(CCCCCCCC)CCCCCCCCCCCOC(=O)CC(O)(CC(=O)O)C(=O)O.CCCCCCCCCCCCC(CCCCCCCC)(C(=O)O)C(O)(C(=O)O)C(CCCCCCCC)(CCCCCCCC)C(=O)O. The molecule has 0 aromatic heterocycles. The van der Waals surface area contributed by atoms with Crippen LogP contribution >= 0.6 is 0 Å². The third kappa shape index (κ3) is 45.0. The first-order valence-electron chi connectivity index (χ1n) is 42.0. The van der Waals surface area contributed by atoms with E-state index in [9.17, 15) is 54.3 Å². The fourth-order valence-electron chi connectivity index (χ4n) is 15.5. The number of hydrogen-bond acceptors (Lipinski definition) is 9. The van der Waals surface area contributed by atoms with Gasteiger partial charge in [-0.3, -0.25) is 19.2 Å². The molecule has 3 atom stereocenters. The molecule has 0 heterocycles. The van der Waals surface area contributed by atoms with Gasteiger partial charge in [0.15, 0.2) is 11.2 Å². The van der Waals surface area contributed by atoms with Gasteiger partial charge in [-0.25, -0.2) is 9.59 Å². The molecule has 0 saturated heterocycles. The van der Waals surface area contributed by atoms with Crippen molar-refractivity contribution in [2.45, 2.75) is 477 Å². The van der Waals surface area contributed by atoms with Crippen LogP contribution in [-0.4, -0.2) is 89.4 Å². The van der Waals surface area contributed by atoms with Crippen LogP contribution in [0.3, 0.4) is 0 Å². The van der Waals surface area contributed by atoms with Crippen molar-refractivity contribution >= 4 is 35.8 Å². The van der Waals surface area contributed by atoms with Crippen LogP contribution in [0.1, 0.15) is 466 Å². The Balaban J connectivity index is 0. The van der Waals surface area contributed by atoms with E-state index in [-0.39, 0.29) is 32.3 Å². The fourth-order valence-corrected chi connectivity index (χ4v) is 15.5. The number of aliphatic carboxylic acids is 5. The van der Waals surface area contributed by atoms with E-state index < -0.39 is 70.7 Å². The number of carboxylic acids is 5. The minimum Gasteiger partial charge on any atom is -0.481 e. The van der Waals surface area contributed by atoms with Crippen molar-refractivity contribution in [3.05, 3.63) is 0 Å². The van der Waals surface area contributed by atoms with E-state index in [1.54, 1.807) is 0 Å². The quantitative estimate of drug-likeness (QED) is 0.0221. The van der Waals surface area contributed by atoms with Gasteiger partial charge < -0.3 is 40.5 Å². The number of unbranched alkanes of at least 4 members (excludes halogenated alkanes) is 47. The maximum Gasteiger partial charge on any atom is 0.338 e. The molecule has 0 bridgehead atoms. The second-order valence-electron chi connectivity index (χ2n) is 30.6. The Morgan fingerprint density at radius 2 is 0.449 bits per heavy atom. The van der Waals surface area contributed by atoms with E-state index in [2.05, 4.69) is 48.5 Å². The molecule has 580 valence electrons. The van der Waals surface area contributed by atoms with Crippen LogP contribution in [-0.2, 0) is 33.5 Å². The van der Waals surface area contributed by atoms with Gasteiger partial charge in [0.2, 0.25) is 0 Å². The van der Waals surface area contributed by atoms with Crippen LogP contribution < -0.4 is 0 Å². The molecule has 0 radical (unpaired) electrons. The molecule has 98 heavy (non-hydrogen) atoms. The van der Waals surface area contributed by atoms with Crippen molar-refractivity contribution in [2.75, 3.05) is 6.61 Å². The number of carbonyl (C=O) groups is 6. The molecule has 0 fully saturated rings. The summed E-state index contributed by atoms with van der Waals surface area (Å²) in [7, 11) is 0. The minimum atomic E-state index is -2.94. The van der Waals surface area contributed by atoms with Gasteiger partial charge in [-0.2, -0.15) is 0 Å². The summed E-state index contributed by atoms with van der Waals surface area (Å²) >= 11 is 0. The van der Waals surface area contributed by atoms with E-state index in [1.807, 2.05) is 0 Å². The van der Waals surface area contributed by atoms with Crippen LogP contribution in [0, 0.1) is 16.2 Å². The predicted molar refractivity (Wildman–Crippen MR) is 406 cm³/mol. The lowest BCUT2D eigenvalue weighted by molar-refractivity contribution is -0.227. The number of rotatable bonds is 75. The fraction of sp³-hybridized carbons (Fsp3) is 0.929. The summed E-state index contributed by atoms with van der Waals surface area (Å²) < 4.78 is 5.05. The Labute approximate surface area is 602 Å². The molecule has 0 amide bonds. The predicted octanol–water partition coefficient (Wildman–Crippen LogP) is 24.9. The maximum atomic E-state index is 13.6. The molecule has 3 unspecified atom stereocenters. The zero-order chi connectivity index (χ0) is 73.3. The van der Waals surface area contributed by atoms with Crippen LogP contribution in [0.2, 0.25) is 0 Å². The van der Waals surface area contributed by atoms with E-state index in [1.165, 1.54) is 205 Å². The number of carboxylic acid groups (broad SMARTS) is 5. The Morgan fingerprint density at radius 3 is 0.643 bits per heavy atom. The van der Waals surface area contributed by atoms with Crippen molar-refractivity contribution in [3.63, 3.8) is 0 Å².